The number of amides is 1. The zero-order valence-corrected chi connectivity index (χ0v) is 10.3. The Hall–Kier alpha value is -1.55. The summed E-state index contributed by atoms with van der Waals surface area (Å²) in [5.41, 5.74) is 6.31. The third-order valence-electron chi connectivity index (χ3n) is 2.41. The molecule has 0 aliphatic carbocycles. The molecular formula is C13H20N2O2. The Labute approximate surface area is 102 Å². The second-order valence-electron chi connectivity index (χ2n) is 4.65. The maximum atomic E-state index is 11.7. The van der Waals surface area contributed by atoms with Crippen LogP contribution in [-0.2, 0) is 0 Å². The van der Waals surface area contributed by atoms with Gasteiger partial charge in [-0.3, -0.25) is 4.79 Å². The molecule has 0 spiro atoms. The Morgan fingerprint density at radius 3 is 2.76 bits per heavy atom. The van der Waals surface area contributed by atoms with Crippen molar-refractivity contribution in [3.63, 3.8) is 0 Å². The normalized spacial score (nSPS) is 12.5. The molecule has 1 aromatic carbocycles. The highest BCUT2D eigenvalue weighted by atomic mass is 16.3. The summed E-state index contributed by atoms with van der Waals surface area (Å²) in [4.78, 5) is 11.7. The summed E-state index contributed by atoms with van der Waals surface area (Å²) in [5, 5.41) is 12.0. The van der Waals surface area contributed by atoms with Crippen molar-refractivity contribution in [2.75, 3.05) is 6.54 Å². The fourth-order valence-electron chi connectivity index (χ4n) is 1.66. The summed E-state index contributed by atoms with van der Waals surface area (Å²) >= 11 is 0. The van der Waals surface area contributed by atoms with Crippen LogP contribution in [0.4, 0.5) is 0 Å². The summed E-state index contributed by atoms with van der Waals surface area (Å²) in [6.45, 7) is 4.64. The Balaban J connectivity index is 2.45. The Morgan fingerprint density at radius 1 is 1.47 bits per heavy atom. The van der Waals surface area contributed by atoms with Crippen LogP contribution in [0.25, 0.3) is 0 Å². The summed E-state index contributed by atoms with van der Waals surface area (Å²) in [6.07, 6.45) is 0.875. The molecule has 0 fully saturated rings. The third-order valence-corrected chi connectivity index (χ3v) is 2.41. The van der Waals surface area contributed by atoms with Crippen LogP contribution in [0.5, 0.6) is 5.75 Å². The SMILES string of the molecule is CC(C)CC(N)CNC(=O)c1cccc(O)c1. The topological polar surface area (TPSA) is 75.3 Å². The van der Waals surface area contributed by atoms with E-state index in [1.165, 1.54) is 12.1 Å². The van der Waals surface area contributed by atoms with Crippen molar-refractivity contribution in [2.24, 2.45) is 11.7 Å². The van der Waals surface area contributed by atoms with Gasteiger partial charge in [0.05, 0.1) is 0 Å². The number of hydrogen-bond acceptors (Lipinski definition) is 3. The number of carbonyl (C=O) groups excluding carboxylic acids is 1. The summed E-state index contributed by atoms with van der Waals surface area (Å²) < 4.78 is 0. The quantitative estimate of drug-likeness (QED) is 0.725. The monoisotopic (exact) mass is 236 g/mol. The highest BCUT2D eigenvalue weighted by Crippen LogP contribution is 2.10. The first-order valence-corrected chi connectivity index (χ1v) is 5.82. The number of phenolic OH excluding ortho intramolecular Hbond substituents is 1. The first-order valence-electron chi connectivity index (χ1n) is 5.82. The lowest BCUT2D eigenvalue weighted by Gasteiger charge is -2.14. The van der Waals surface area contributed by atoms with Crippen LogP contribution in [0.3, 0.4) is 0 Å². The average molecular weight is 236 g/mol. The third kappa shape index (κ3) is 4.87. The van der Waals surface area contributed by atoms with Gasteiger partial charge < -0.3 is 16.2 Å². The van der Waals surface area contributed by atoms with Gasteiger partial charge in [0.15, 0.2) is 0 Å². The number of benzene rings is 1. The molecule has 1 rings (SSSR count). The van der Waals surface area contributed by atoms with Gasteiger partial charge in [-0.15, -0.1) is 0 Å². The predicted molar refractivity (Wildman–Crippen MR) is 67.9 cm³/mol. The minimum atomic E-state index is -0.208. The van der Waals surface area contributed by atoms with Crippen molar-refractivity contribution >= 4 is 5.91 Å². The van der Waals surface area contributed by atoms with Crippen molar-refractivity contribution in [1.82, 2.24) is 5.32 Å². The lowest BCUT2D eigenvalue weighted by atomic mass is 10.0. The van der Waals surface area contributed by atoms with Gasteiger partial charge in [-0.05, 0) is 30.5 Å². The first kappa shape index (κ1) is 13.5. The molecule has 1 atom stereocenters. The molecule has 0 saturated carbocycles. The molecule has 1 unspecified atom stereocenters. The van der Waals surface area contributed by atoms with Gasteiger partial charge in [-0.2, -0.15) is 0 Å². The predicted octanol–water partition coefficient (Wildman–Crippen LogP) is 1.50. The molecule has 0 radical (unpaired) electrons. The lowest BCUT2D eigenvalue weighted by Crippen LogP contribution is -2.37. The highest BCUT2D eigenvalue weighted by molar-refractivity contribution is 5.94. The number of carbonyl (C=O) groups is 1. The van der Waals surface area contributed by atoms with Gasteiger partial charge in [0.1, 0.15) is 5.75 Å². The van der Waals surface area contributed by atoms with E-state index >= 15 is 0 Å². The van der Waals surface area contributed by atoms with Crippen LogP contribution in [-0.4, -0.2) is 23.6 Å². The minimum Gasteiger partial charge on any atom is -0.508 e. The number of nitrogens with one attached hydrogen (secondary N) is 1. The van der Waals surface area contributed by atoms with Crippen LogP contribution in [0.1, 0.15) is 30.6 Å². The molecule has 1 aromatic rings. The van der Waals surface area contributed by atoms with Crippen LogP contribution < -0.4 is 11.1 Å². The maximum Gasteiger partial charge on any atom is 0.251 e. The van der Waals surface area contributed by atoms with E-state index in [1.807, 2.05) is 0 Å². The first-order chi connectivity index (χ1) is 7.99. The molecule has 0 aliphatic rings. The molecule has 17 heavy (non-hydrogen) atoms. The van der Waals surface area contributed by atoms with Crippen molar-refractivity contribution in [3.8, 4) is 5.75 Å². The molecule has 1 amide bonds. The number of aromatic hydroxyl groups is 1. The van der Waals surface area contributed by atoms with Gasteiger partial charge in [-0.25, -0.2) is 0 Å². The van der Waals surface area contributed by atoms with E-state index in [9.17, 15) is 9.90 Å². The largest absolute Gasteiger partial charge is 0.508 e. The van der Waals surface area contributed by atoms with Crippen molar-refractivity contribution in [1.29, 1.82) is 0 Å². The van der Waals surface area contributed by atoms with Gasteiger partial charge in [-0.1, -0.05) is 19.9 Å². The molecule has 4 nitrogen and oxygen atoms in total. The van der Waals surface area contributed by atoms with E-state index in [-0.39, 0.29) is 17.7 Å². The lowest BCUT2D eigenvalue weighted by molar-refractivity contribution is 0.0949. The molecule has 94 valence electrons. The Bertz CT molecular complexity index is 377. The van der Waals surface area contributed by atoms with Crippen molar-refractivity contribution in [3.05, 3.63) is 29.8 Å². The molecule has 0 aromatic heterocycles. The number of nitrogens with two attached hydrogens (primary N) is 1. The van der Waals surface area contributed by atoms with Crippen molar-refractivity contribution < 1.29 is 9.90 Å². The van der Waals surface area contributed by atoms with Gasteiger partial charge in [0, 0.05) is 18.2 Å². The number of rotatable bonds is 5. The van der Waals surface area contributed by atoms with Gasteiger partial charge in [0.2, 0.25) is 0 Å². The van der Waals surface area contributed by atoms with E-state index < -0.39 is 0 Å². The average Bonchev–Trinajstić information content (AvgIpc) is 2.25. The molecule has 4 heteroatoms. The van der Waals surface area contributed by atoms with E-state index in [2.05, 4.69) is 19.2 Å². The van der Waals surface area contributed by atoms with E-state index in [0.29, 0.717) is 18.0 Å². The Kier molecular flexibility index (Phi) is 4.97. The van der Waals surface area contributed by atoms with Crippen molar-refractivity contribution in [2.45, 2.75) is 26.3 Å². The summed E-state index contributed by atoms with van der Waals surface area (Å²) in [5.74, 6) is 0.395. The molecule has 4 N–H and O–H groups in total. The molecule has 0 bridgehead atoms. The summed E-state index contributed by atoms with van der Waals surface area (Å²) in [7, 11) is 0. The second-order valence-corrected chi connectivity index (χ2v) is 4.65. The molecule has 0 saturated heterocycles. The zero-order valence-electron chi connectivity index (χ0n) is 10.3. The summed E-state index contributed by atoms with van der Waals surface area (Å²) in [6, 6.07) is 6.22. The smallest absolute Gasteiger partial charge is 0.251 e. The Morgan fingerprint density at radius 2 is 2.18 bits per heavy atom. The van der Waals surface area contributed by atoms with E-state index in [1.54, 1.807) is 12.1 Å². The highest BCUT2D eigenvalue weighted by Gasteiger charge is 2.09. The zero-order chi connectivity index (χ0) is 12.8. The second kappa shape index (κ2) is 6.25. The van der Waals surface area contributed by atoms with Gasteiger partial charge >= 0.3 is 0 Å². The molecule has 0 heterocycles. The fourth-order valence-corrected chi connectivity index (χ4v) is 1.66. The molecular weight excluding hydrogens is 216 g/mol. The maximum absolute atomic E-state index is 11.7. The van der Waals surface area contributed by atoms with E-state index in [0.717, 1.165) is 6.42 Å². The van der Waals surface area contributed by atoms with Crippen LogP contribution in [0.2, 0.25) is 0 Å². The van der Waals surface area contributed by atoms with E-state index in [4.69, 9.17) is 5.73 Å². The van der Waals surface area contributed by atoms with Crippen LogP contribution >= 0.6 is 0 Å². The number of phenols is 1. The molecule has 0 aliphatic heterocycles. The standard InChI is InChI=1S/C13H20N2O2/c1-9(2)6-11(14)8-15-13(17)10-4-3-5-12(16)7-10/h3-5,7,9,11,16H,6,8,14H2,1-2H3,(H,15,17). The van der Waals surface area contributed by atoms with Gasteiger partial charge in [0.25, 0.3) is 5.91 Å². The van der Waals surface area contributed by atoms with Crippen LogP contribution in [0.15, 0.2) is 24.3 Å². The number of hydrogen-bond donors (Lipinski definition) is 3. The minimum absolute atomic E-state index is 0.0312. The van der Waals surface area contributed by atoms with Crippen LogP contribution in [0, 0.1) is 5.92 Å². The fraction of sp³-hybridized carbons (Fsp3) is 0.462.